The molecule has 0 aromatic heterocycles. The van der Waals surface area contributed by atoms with E-state index in [0.717, 1.165) is 18.5 Å². The highest BCUT2D eigenvalue weighted by molar-refractivity contribution is 7.86. The summed E-state index contributed by atoms with van der Waals surface area (Å²) in [6.07, 6.45) is 4.01. The van der Waals surface area contributed by atoms with Gasteiger partial charge < -0.3 is 5.32 Å². The second kappa shape index (κ2) is 9.35. The van der Waals surface area contributed by atoms with Crippen LogP contribution in [0.5, 0.6) is 0 Å². The van der Waals surface area contributed by atoms with E-state index in [1.807, 2.05) is 0 Å². The van der Waals surface area contributed by atoms with Crippen LogP contribution in [0.2, 0.25) is 0 Å². The van der Waals surface area contributed by atoms with Gasteiger partial charge in [-0.1, -0.05) is 24.3 Å². The molecule has 1 amide bonds. The van der Waals surface area contributed by atoms with E-state index in [0.29, 0.717) is 19.5 Å². The smallest absolute Gasteiger partial charge is 0.281 e. The number of piperidine rings is 1. The van der Waals surface area contributed by atoms with Gasteiger partial charge in [0.05, 0.1) is 5.92 Å². The SMILES string of the molecule is CN(C)S(=O)(=O)N1CCC[C@@H](C(=O)NCc2ccc(CN3CCCC3)cc2)C1. The minimum Gasteiger partial charge on any atom is -0.352 e. The van der Waals surface area contributed by atoms with E-state index in [9.17, 15) is 13.2 Å². The van der Waals surface area contributed by atoms with Crippen molar-refractivity contribution in [2.24, 2.45) is 5.92 Å². The van der Waals surface area contributed by atoms with Crippen LogP contribution >= 0.6 is 0 Å². The number of carbonyl (C=O) groups excluding carboxylic acids is 1. The topological polar surface area (TPSA) is 73.0 Å². The van der Waals surface area contributed by atoms with E-state index in [2.05, 4.69) is 34.5 Å². The van der Waals surface area contributed by atoms with Crippen molar-refractivity contribution in [3.05, 3.63) is 35.4 Å². The lowest BCUT2D eigenvalue weighted by atomic mass is 9.98. The molecular formula is C20H32N4O3S. The zero-order valence-electron chi connectivity index (χ0n) is 16.9. The number of nitrogens with one attached hydrogen (secondary N) is 1. The van der Waals surface area contributed by atoms with E-state index >= 15 is 0 Å². The largest absolute Gasteiger partial charge is 0.352 e. The Kier molecular flexibility index (Phi) is 7.09. The van der Waals surface area contributed by atoms with Crippen molar-refractivity contribution in [2.75, 3.05) is 40.3 Å². The predicted octanol–water partition coefficient (Wildman–Crippen LogP) is 1.42. The normalized spacial score (nSPS) is 21.9. The maximum Gasteiger partial charge on any atom is 0.281 e. The first-order valence-electron chi connectivity index (χ1n) is 10.1. The molecule has 0 spiro atoms. The molecule has 28 heavy (non-hydrogen) atoms. The summed E-state index contributed by atoms with van der Waals surface area (Å²) < 4.78 is 27.2. The molecule has 3 rings (SSSR count). The molecule has 1 aromatic rings. The maximum atomic E-state index is 12.6. The van der Waals surface area contributed by atoms with E-state index in [1.54, 1.807) is 0 Å². The number of benzene rings is 1. The lowest BCUT2D eigenvalue weighted by Crippen LogP contribution is -2.48. The van der Waals surface area contributed by atoms with E-state index < -0.39 is 10.2 Å². The van der Waals surface area contributed by atoms with Gasteiger partial charge in [0.25, 0.3) is 10.2 Å². The fourth-order valence-corrected chi connectivity index (χ4v) is 5.08. The van der Waals surface area contributed by atoms with Crippen LogP contribution in [0.4, 0.5) is 0 Å². The summed E-state index contributed by atoms with van der Waals surface area (Å²) in [6.45, 7) is 4.55. The Morgan fingerprint density at radius 3 is 2.36 bits per heavy atom. The van der Waals surface area contributed by atoms with Crippen molar-refractivity contribution in [2.45, 2.75) is 38.8 Å². The number of carbonyl (C=O) groups is 1. The van der Waals surface area contributed by atoms with Gasteiger partial charge in [-0.05, 0) is 49.9 Å². The molecule has 2 saturated heterocycles. The van der Waals surface area contributed by atoms with Gasteiger partial charge in [-0.25, -0.2) is 0 Å². The van der Waals surface area contributed by atoms with Gasteiger partial charge in [-0.15, -0.1) is 0 Å². The summed E-state index contributed by atoms with van der Waals surface area (Å²) in [5.74, 6) is -0.363. The third kappa shape index (κ3) is 5.31. The fraction of sp³-hybridized carbons (Fsp3) is 0.650. The fourth-order valence-electron chi connectivity index (χ4n) is 3.89. The molecule has 156 valence electrons. The summed E-state index contributed by atoms with van der Waals surface area (Å²) >= 11 is 0. The van der Waals surface area contributed by atoms with Crippen LogP contribution in [0.15, 0.2) is 24.3 Å². The molecule has 0 saturated carbocycles. The predicted molar refractivity (Wildman–Crippen MR) is 110 cm³/mol. The van der Waals surface area contributed by atoms with Crippen LogP contribution in [0.1, 0.15) is 36.8 Å². The minimum absolute atomic E-state index is 0.0696. The Balaban J connectivity index is 1.49. The third-order valence-electron chi connectivity index (χ3n) is 5.64. The van der Waals surface area contributed by atoms with Crippen molar-refractivity contribution < 1.29 is 13.2 Å². The molecule has 0 bridgehead atoms. The Morgan fingerprint density at radius 2 is 1.71 bits per heavy atom. The second-order valence-electron chi connectivity index (χ2n) is 8.00. The first-order valence-corrected chi connectivity index (χ1v) is 11.5. The van der Waals surface area contributed by atoms with E-state index in [1.165, 1.54) is 54.2 Å². The number of likely N-dealkylation sites (tertiary alicyclic amines) is 1. The van der Waals surface area contributed by atoms with Crippen LogP contribution in [0.3, 0.4) is 0 Å². The standard InChI is InChI=1S/C20H32N4O3S/c1-22(2)28(26,27)24-13-5-6-19(16-24)20(25)21-14-17-7-9-18(10-8-17)15-23-11-3-4-12-23/h7-10,19H,3-6,11-16H2,1-2H3,(H,21,25)/t19-/m1/s1. The second-order valence-corrected chi connectivity index (χ2v) is 10.1. The van der Waals surface area contributed by atoms with Crippen molar-refractivity contribution in [3.63, 3.8) is 0 Å². The average molecular weight is 409 g/mol. The molecule has 1 atom stereocenters. The van der Waals surface area contributed by atoms with Gasteiger partial charge >= 0.3 is 0 Å². The van der Waals surface area contributed by atoms with Gasteiger partial charge in [-0.2, -0.15) is 17.0 Å². The van der Waals surface area contributed by atoms with Gasteiger partial charge in [0.15, 0.2) is 0 Å². The first kappa shape index (κ1) is 21.2. The third-order valence-corrected chi connectivity index (χ3v) is 7.54. The Labute approximate surface area is 168 Å². The quantitative estimate of drug-likeness (QED) is 0.741. The lowest BCUT2D eigenvalue weighted by Gasteiger charge is -2.32. The number of hydrogen-bond acceptors (Lipinski definition) is 4. The molecule has 0 unspecified atom stereocenters. The van der Waals surface area contributed by atoms with Gasteiger partial charge in [0.1, 0.15) is 0 Å². The van der Waals surface area contributed by atoms with Gasteiger partial charge in [0.2, 0.25) is 5.91 Å². The number of rotatable bonds is 7. The first-order chi connectivity index (χ1) is 13.4. The molecular weight excluding hydrogens is 376 g/mol. The van der Waals surface area contributed by atoms with Crippen molar-refractivity contribution in [1.29, 1.82) is 0 Å². The highest BCUT2D eigenvalue weighted by Crippen LogP contribution is 2.20. The number of amides is 1. The molecule has 0 aliphatic carbocycles. The van der Waals surface area contributed by atoms with Crippen LogP contribution < -0.4 is 5.32 Å². The van der Waals surface area contributed by atoms with Crippen molar-refractivity contribution >= 4 is 16.1 Å². The minimum atomic E-state index is -3.47. The van der Waals surface area contributed by atoms with E-state index in [4.69, 9.17) is 0 Å². The molecule has 2 fully saturated rings. The summed E-state index contributed by atoms with van der Waals surface area (Å²) in [5, 5.41) is 2.98. The average Bonchev–Trinajstić information content (AvgIpc) is 3.20. The monoisotopic (exact) mass is 408 g/mol. The maximum absolute atomic E-state index is 12.6. The van der Waals surface area contributed by atoms with E-state index in [-0.39, 0.29) is 18.4 Å². The number of nitrogens with zero attached hydrogens (tertiary/aromatic N) is 3. The zero-order valence-corrected chi connectivity index (χ0v) is 17.7. The summed E-state index contributed by atoms with van der Waals surface area (Å²) in [7, 11) is -0.425. The Bertz CT molecular complexity index is 758. The molecule has 2 heterocycles. The van der Waals surface area contributed by atoms with Gasteiger partial charge in [0, 0.05) is 40.3 Å². The zero-order chi connectivity index (χ0) is 20.1. The molecule has 7 nitrogen and oxygen atoms in total. The summed E-state index contributed by atoms with van der Waals surface area (Å²) in [4.78, 5) is 15.0. The van der Waals surface area contributed by atoms with Crippen LogP contribution in [0.25, 0.3) is 0 Å². The Hall–Kier alpha value is -1.48. The van der Waals surface area contributed by atoms with Crippen molar-refractivity contribution in [3.8, 4) is 0 Å². The highest BCUT2D eigenvalue weighted by atomic mass is 32.2. The lowest BCUT2D eigenvalue weighted by molar-refractivity contribution is -0.126. The Morgan fingerprint density at radius 1 is 1.07 bits per heavy atom. The molecule has 2 aliphatic heterocycles. The van der Waals surface area contributed by atoms with Gasteiger partial charge in [-0.3, -0.25) is 9.69 Å². The molecule has 8 heteroatoms. The van der Waals surface area contributed by atoms with Crippen molar-refractivity contribution in [1.82, 2.24) is 18.8 Å². The molecule has 0 radical (unpaired) electrons. The number of hydrogen-bond donors (Lipinski definition) is 1. The summed E-state index contributed by atoms with van der Waals surface area (Å²) in [5.41, 5.74) is 2.36. The molecule has 1 aromatic carbocycles. The van der Waals surface area contributed by atoms with Crippen LogP contribution in [-0.4, -0.2) is 68.1 Å². The summed E-state index contributed by atoms with van der Waals surface area (Å²) in [6, 6.07) is 8.39. The van der Waals surface area contributed by atoms with Crippen LogP contribution in [0, 0.1) is 5.92 Å². The molecule has 2 aliphatic rings. The highest BCUT2D eigenvalue weighted by Gasteiger charge is 2.33. The van der Waals surface area contributed by atoms with Crippen LogP contribution in [-0.2, 0) is 28.1 Å². The molecule has 1 N–H and O–H groups in total.